The van der Waals surface area contributed by atoms with Gasteiger partial charge in [-0.1, -0.05) is 37.1 Å². The molecule has 3 aromatic rings. The maximum Gasteiger partial charge on any atom is 0.255 e. The van der Waals surface area contributed by atoms with Crippen molar-refractivity contribution < 1.29 is 14.3 Å². The number of ether oxygens (including phenoxy) is 1. The van der Waals surface area contributed by atoms with Gasteiger partial charge in [0.1, 0.15) is 5.75 Å². The van der Waals surface area contributed by atoms with Gasteiger partial charge < -0.3 is 20.7 Å². The fourth-order valence-electron chi connectivity index (χ4n) is 3.05. The zero-order valence-electron chi connectivity index (χ0n) is 18.5. The number of aryl methyl sites for hydroxylation is 1. The molecule has 2 amide bonds. The van der Waals surface area contributed by atoms with Gasteiger partial charge in [0.25, 0.3) is 5.91 Å². The van der Waals surface area contributed by atoms with E-state index in [1.807, 2.05) is 61.5 Å². The molecule has 0 spiro atoms. The molecule has 3 aromatic carbocycles. The van der Waals surface area contributed by atoms with Crippen molar-refractivity contribution in [2.75, 3.05) is 29.1 Å². The molecule has 32 heavy (non-hydrogen) atoms. The van der Waals surface area contributed by atoms with Crippen LogP contribution in [0.25, 0.3) is 0 Å². The Morgan fingerprint density at radius 1 is 0.844 bits per heavy atom. The molecule has 0 atom stereocenters. The van der Waals surface area contributed by atoms with Crippen molar-refractivity contribution >= 4 is 28.9 Å². The number of rotatable bonds is 10. The largest absolute Gasteiger partial charge is 0.494 e. The third-order valence-electron chi connectivity index (χ3n) is 4.76. The Balaban J connectivity index is 1.47. The molecule has 0 aliphatic rings. The number of anilines is 3. The van der Waals surface area contributed by atoms with Crippen molar-refractivity contribution in [2.24, 2.45) is 0 Å². The van der Waals surface area contributed by atoms with E-state index in [4.69, 9.17) is 4.74 Å². The van der Waals surface area contributed by atoms with Crippen LogP contribution < -0.4 is 20.7 Å². The van der Waals surface area contributed by atoms with Crippen molar-refractivity contribution in [3.05, 3.63) is 83.9 Å². The maximum atomic E-state index is 12.3. The monoisotopic (exact) mass is 431 g/mol. The molecule has 6 heteroatoms. The molecule has 3 rings (SSSR count). The highest BCUT2D eigenvalue weighted by Crippen LogP contribution is 2.18. The summed E-state index contributed by atoms with van der Waals surface area (Å²) in [5, 5.41) is 8.83. The van der Waals surface area contributed by atoms with Crippen molar-refractivity contribution in [1.29, 1.82) is 0 Å². The minimum absolute atomic E-state index is 0.121. The number of benzene rings is 3. The van der Waals surface area contributed by atoms with Crippen LogP contribution in [0.1, 0.15) is 35.7 Å². The van der Waals surface area contributed by atoms with Crippen LogP contribution in [0.15, 0.2) is 72.8 Å². The summed E-state index contributed by atoms with van der Waals surface area (Å²) in [6.07, 6.45) is 2.07. The number of hydrogen-bond donors (Lipinski definition) is 3. The highest BCUT2D eigenvalue weighted by atomic mass is 16.5. The molecule has 3 N–H and O–H groups in total. The lowest BCUT2D eigenvalue weighted by Crippen LogP contribution is -2.21. The van der Waals surface area contributed by atoms with Crippen molar-refractivity contribution in [2.45, 2.75) is 26.7 Å². The SMILES string of the molecule is CCCCOc1cccc(NC(=O)CNc2ccc(NC(=O)c3cccc(C)c3)cc2)c1. The molecule has 0 aromatic heterocycles. The van der Waals surface area contributed by atoms with Crippen LogP contribution in [0.2, 0.25) is 0 Å². The van der Waals surface area contributed by atoms with E-state index < -0.39 is 0 Å². The summed E-state index contributed by atoms with van der Waals surface area (Å²) in [6, 6.07) is 22.1. The van der Waals surface area contributed by atoms with Crippen LogP contribution in [0.3, 0.4) is 0 Å². The predicted molar refractivity (Wildman–Crippen MR) is 130 cm³/mol. The van der Waals surface area contributed by atoms with E-state index in [1.165, 1.54) is 0 Å². The Bertz CT molecular complexity index is 1050. The Morgan fingerprint density at radius 3 is 2.34 bits per heavy atom. The van der Waals surface area contributed by atoms with Gasteiger partial charge in [-0.2, -0.15) is 0 Å². The molecule has 0 saturated heterocycles. The van der Waals surface area contributed by atoms with Gasteiger partial charge in [-0.25, -0.2) is 0 Å². The van der Waals surface area contributed by atoms with Crippen molar-refractivity contribution in [1.82, 2.24) is 0 Å². The normalized spacial score (nSPS) is 10.3. The van der Waals surface area contributed by atoms with Gasteiger partial charge in [0.2, 0.25) is 5.91 Å². The molecule has 0 bridgehead atoms. The molecule has 0 aliphatic carbocycles. The predicted octanol–water partition coefficient (Wildman–Crippen LogP) is 5.48. The van der Waals surface area contributed by atoms with Crippen LogP contribution >= 0.6 is 0 Å². The second kappa shape index (κ2) is 11.6. The number of unbranched alkanes of at least 4 members (excludes halogenated alkanes) is 1. The summed E-state index contributed by atoms with van der Waals surface area (Å²) in [6.45, 7) is 4.85. The van der Waals surface area contributed by atoms with E-state index >= 15 is 0 Å². The zero-order valence-corrected chi connectivity index (χ0v) is 18.5. The van der Waals surface area contributed by atoms with Gasteiger partial charge in [0.05, 0.1) is 13.2 Å². The quantitative estimate of drug-likeness (QED) is 0.372. The molecule has 0 heterocycles. The topological polar surface area (TPSA) is 79.5 Å². The van der Waals surface area contributed by atoms with Gasteiger partial charge in [-0.15, -0.1) is 0 Å². The van der Waals surface area contributed by atoms with Crippen LogP contribution in [0.4, 0.5) is 17.1 Å². The van der Waals surface area contributed by atoms with Crippen LogP contribution in [-0.4, -0.2) is 25.0 Å². The summed E-state index contributed by atoms with van der Waals surface area (Å²) in [5.74, 6) is 0.426. The van der Waals surface area contributed by atoms with Crippen LogP contribution in [0.5, 0.6) is 5.75 Å². The first-order valence-corrected chi connectivity index (χ1v) is 10.8. The molecule has 0 aliphatic heterocycles. The van der Waals surface area contributed by atoms with Gasteiger partial charge in [0.15, 0.2) is 0 Å². The van der Waals surface area contributed by atoms with E-state index in [2.05, 4.69) is 22.9 Å². The number of amides is 2. The van der Waals surface area contributed by atoms with E-state index in [9.17, 15) is 9.59 Å². The Kier molecular flexibility index (Phi) is 8.26. The third-order valence-corrected chi connectivity index (χ3v) is 4.76. The average molecular weight is 432 g/mol. The number of nitrogens with one attached hydrogen (secondary N) is 3. The second-order valence-corrected chi connectivity index (χ2v) is 7.53. The van der Waals surface area contributed by atoms with Gasteiger partial charge >= 0.3 is 0 Å². The first kappa shape index (κ1) is 22.9. The maximum absolute atomic E-state index is 12.3. The van der Waals surface area contributed by atoms with E-state index in [0.29, 0.717) is 23.5 Å². The lowest BCUT2D eigenvalue weighted by Gasteiger charge is -2.11. The van der Waals surface area contributed by atoms with Gasteiger partial charge in [-0.3, -0.25) is 9.59 Å². The zero-order chi connectivity index (χ0) is 22.8. The molecule has 6 nitrogen and oxygen atoms in total. The van der Waals surface area contributed by atoms with E-state index in [-0.39, 0.29) is 18.4 Å². The fourth-order valence-corrected chi connectivity index (χ4v) is 3.05. The third kappa shape index (κ3) is 7.16. The van der Waals surface area contributed by atoms with E-state index in [0.717, 1.165) is 29.8 Å². The first-order chi connectivity index (χ1) is 15.5. The summed E-state index contributed by atoms with van der Waals surface area (Å²) in [7, 11) is 0. The average Bonchev–Trinajstić information content (AvgIpc) is 2.79. The molecular weight excluding hydrogens is 402 g/mol. The van der Waals surface area contributed by atoms with E-state index in [1.54, 1.807) is 18.2 Å². The Labute approximate surface area is 189 Å². The molecule has 0 radical (unpaired) electrons. The van der Waals surface area contributed by atoms with Crippen molar-refractivity contribution in [3.63, 3.8) is 0 Å². The lowest BCUT2D eigenvalue weighted by molar-refractivity contribution is -0.114. The van der Waals surface area contributed by atoms with Crippen LogP contribution in [-0.2, 0) is 4.79 Å². The van der Waals surface area contributed by atoms with Gasteiger partial charge in [0, 0.05) is 28.7 Å². The molecular formula is C26H29N3O3. The summed E-state index contributed by atoms with van der Waals surface area (Å²) < 4.78 is 5.67. The smallest absolute Gasteiger partial charge is 0.255 e. The first-order valence-electron chi connectivity index (χ1n) is 10.8. The standard InChI is InChI=1S/C26H29N3O3/c1-3-4-15-32-24-10-6-9-23(17-24)28-25(30)18-27-21-11-13-22(14-12-21)29-26(31)20-8-5-7-19(2)16-20/h5-14,16-17,27H,3-4,15,18H2,1-2H3,(H,28,30)(H,29,31). The molecule has 0 saturated carbocycles. The highest BCUT2D eigenvalue weighted by Gasteiger charge is 2.07. The number of carbonyl (C=O) groups excluding carboxylic acids is 2. The molecule has 166 valence electrons. The summed E-state index contributed by atoms with van der Waals surface area (Å²) >= 11 is 0. The lowest BCUT2D eigenvalue weighted by atomic mass is 10.1. The molecule has 0 fully saturated rings. The number of carbonyl (C=O) groups is 2. The summed E-state index contributed by atoms with van der Waals surface area (Å²) in [5.41, 5.74) is 3.81. The Morgan fingerprint density at radius 2 is 1.59 bits per heavy atom. The van der Waals surface area contributed by atoms with Crippen molar-refractivity contribution in [3.8, 4) is 5.75 Å². The second-order valence-electron chi connectivity index (χ2n) is 7.53. The molecule has 0 unspecified atom stereocenters. The Hall–Kier alpha value is -3.80. The summed E-state index contributed by atoms with van der Waals surface area (Å²) in [4.78, 5) is 24.6. The van der Waals surface area contributed by atoms with Gasteiger partial charge in [-0.05, 0) is 61.9 Å². The van der Waals surface area contributed by atoms with Crippen LogP contribution in [0, 0.1) is 6.92 Å². The fraction of sp³-hybridized carbons (Fsp3) is 0.231. The minimum Gasteiger partial charge on any atom is -0.494 e. The highest BCUT2D eigenvalue weighted by molar-refractivity contribution is 6.04. The minimum atomic E-state index is -0.160. The number of hydrogen-bond acceptors (Lipinski definition) is 4.